The summed E-state index contributed by atoms with van der Waals surface area (Å²) in [5.74, 6) is -2.29. The Morgan fingerprint density at radius 2 is 1.68 bits per heavy atom. The Labute approximate surface area is 122 Å². The third-order valence-electron chi connectivity index (χ3n) is 2.32. The molecule has 0 atom stereocenters. The molecule has 3 nitrogen and oxygen atoms in total. The SMILES string of the molecule is O=S(=O)(Nc1ccccc1I)c1ccc(F)c(F)c1. The first-order chi connectivity index (χ1) is 8.90. The van der Waals surface area contributed by atoms with Crippen LogP contribution in [0.1, 0.15) is 0 Å². The molecular formula is C12H8F2INO2S. The molecule has 19 heavy (non-hydrogen) atoms. The number of anilines is 1. The van der Waals surface area contributed by atoms with E-state index in [1.165, 1.54) is 0 Å². The number of halogens is 3. The Morgan fingerprint density at radius 1 is 1.00 bits per heavy atom. The molecule has 100 valence electrons. The van der Waals surface area contributed by atoms with Crippen molar-refractivity contribution in [2.24, 2.45) is 0 Å². The molecular weight excluding hydrogens is 387 g/mol. The maximum Gasteiger partial charge on any atom is 0.262 e. The lowest BCUT2D eigenvalue weighted by Crippen LogP contribution is -2.14. The molecule has 2 aromatic carbocycles. The molecule has 0 radical (unpaired) electrons. The molecule has 7 heteroatoms. The van der Waals surface area contributed by atoms with Crippen LogP contribution in [0.2, 0.25) is 0 Å². The Hall–Kier alpha value is -1.22. The zero-order valence-corrected chi connectivity index (χ0v) is 12.4. The van der Waals surface area contributed by atoms with E-state index in [0.717, 1.165) is 12.1 Å². The minimum Gasteiger partial charge on any atom is -0.279 e. The van der Waals surface area contributed by atoms with Gasteiger partial charge in [-0.3, -0.25) is 4.72 Å². The third kappa shape index (κ3) is 3.21. The lowest BCUT2D eigenvalue weighted by Gasteiger charge is -2.09. The first-order valence-corrected chi connectivity index (χ1v) is 7.69. The topological polar surface area (TPSA) is 46.2 Å². The van der Waals surface area contributed by atoms with Crippen molar-refractivity contribution in [3.8, 4) is 0 Å². The monoisotopic (exact) mass is 395 g/mol. The molecule has 0 aliphatic carbocycles. The average molecular weight is 395 g/mol. The number of para-hydroxylation sites is 1. The van der Waals surface area contributed by atoms with Crippen molar-refractivity contribution < 1.29 is 17.2 Å². The van der Waals surface area contributed by atoms with Gasteiger partial charge in [0.15, 0.2) is 11.6 Å². The van der Waals surface area contributed by atoms with E-state index in [4.69, 9.17) is 0 Å². The van der Waals surface area contributed by atoms with Gasteiger partial charge in [-0.25, -0.2) is 17.2 Å². The largest absolute Gasteiger partial charge is 0.279 e. The van der Waals surface area contributed by atoms with Crippen LogP contribution in [-0.2, 0) is 10.0 Å². The Bertz CT molecular complexity index is 719. The maximum absolute atomic E-state index is 13.1. The van der Waals surface area contributed by atoms with Gasteiger partial charge in [-0.15, -0.1) is 0 Å². The number of nitrogens with one attached hydrogen (secondary N) is 1. The van der Waals surface area contributed by atoms with Gasteiger partial charge in [-0.1, -0.05) is 12.1 Å². The Kier molecular flexibility index (Phi) is 4.04. The van der Waals surface area contributed by atoms with Gasteiger partial charge in [0.2, 0.25) is 0 Å². The highest BCUT2D eigenvalue weighted by molar-refractivity contribution is 14.1. The van der Waals surface area contributed by atoms with Crippen LogP contribution in [-0.4, -0.2) is 8.42 Å². The summed E-state index contributed by atoms with van der Waals surface area (Å²) in [6, 6.07) is 9.18. The van der Waals surface area contributed by atoms with Crippen molar-refractivity contribution in [2.45, 2.75) is 4.90 Å². The second kappa shape index (κ2) is 5.41. The molecule has 2 rings (SSSR count). The van der Waals surface area contributed by atoms with Crippen LogP contribution in [0.3, 0.4) is 0 Å². The molecule has 2 aromatic rings. The molecule has 0 aromatic heterocycles. The normalized spacial score (nSPS) is 11.3. The highest BCUT2D eigenvalue weighted by atomic mass is 127. The fourth-order valence-electron chi connectivity index (χ4n) is 1.39. The quantitative estimate of drug-likeness (QED) is 0.811. The van der Waals surface area contributed by atoms with Gasteiger partial charge in [0.25, 0.3) is 10.0 Å². The summed E-state index contributed by atoms with van der Waals surface area (Å²) >= 11 is 1.97. The van der Waals surface area contributed by atoms with Gasteiger partial charge in [0, 0.05) is 3.57 Å². The molecule has 0 saturated heterocycles. The fourth-order valence-corrected chi connectivity index (χ4v) is 3.19. The van der Waals surface area contributed by atoms with Crippen molar-refractivity contribution >= 4 is 38.3 Å². The molecule has 0 heterocycles. The molecule has 0 amide bonds. The summed E-state index contributed by atoms with van der Waals surface area (Å²) < 4.78 is 52.9. The van der Waals surface area contributed by atoms with E-state index in [0.29, 0.717) is 15.3 Å². The molecule has 0 spiro atoms. The summed E-state index contributed by atoms with van der Waals surface area (Å²) in [5, 5.41) is 0. The number of hydrogen-bond acceptors (Lipinski definition) is 2. The lowest BCUT2D eigenvalue weighted by molar-refractivity contribution is 0.504. The molecule has 1 N–H and O–H groups in total. The van der Waals surface area contributed by atoms with Crippen LogP contribution >= 0.6 is 22.6 Å². The average Bonchev–Trinajstić information content (AvgIpc) is 2.35. The number of rotatable bonds is 3. The highest BCUT2D eigenvalue weighted by Crippen LogP contribution is 2.22. The first kappa shape index (κ1) is 14.2. The molecule has 0 unspecified atom stereocenters. The Morgan fingerprint density at radius 3 is 2.32 bits per heavy atom. The Balaban J connectivity index is 2.38. The van der Waals surface area contributed by atoms with Crippen molar-refractivity contribution in [1.82, 2.24) is 0 Å². The molecule has 0 bridgehead atoms. The minimum absolute atomic E-state index is 0.328. The maximum atomic E-state index is 13.1. The van der Waals surface area contributed by atoms with Crippen molar-refractivity contribution in [3.05, 3.63) is 57.7 Å². The third-order valence-corrected chi connectivity index (χ3v) is 4.62. The fraction of sp³-hybridized carbons (Fsp3) is 0. The number of hydrogen-bond donors (Lipinski definition) is 1. The van der Waals surface area contributed by atoms with E-state index in [1.807, 2.05) is 22.6 Å². The van der Waals surface area contributed by atoms with Crippen LogP contribution < -0.4 is 4.72 Å². The summed E-state index contributed by atoms with van der Waals surface area (Å²) in [6.07, 6.45) is 0. The van der Waals surface area contributed by atoms with Crippen LogP contribution in [0.15, 0.2) is 47.4 Å². The molecule has 0 saturated carbocycles. The van der Waals surface area contributed by atoms with Crippen LogP contribution in [0, 0.1) is 15.2 Å². The van der Waals surface area contributed by atoms with Crippen LogP contribution in [0.4, 0.5) is 14.5 Å². The molecule has 0 aliphatic heterocycles. The van der Waals surface area contributed by atoms with E-state index in [1.54, 1.807) is 24.3 Å². The van der Waals surface area contributed by atoms with Gasteiger partial charge < -0.3 is 0 Å². The van der Waals surface area contributed by atoms with Crippen LogP contribution in [0.5, 0.6) is 0 Å². The van der Waals surface area contributed by atoms with E-state index < -0.39 is 21.7 Å². The zero-order chi connectivity index (χ0) is 14.0. The minimum atomic E-state index is -3.94. The smallest absolute Gasteiger partial charge is 0.262 e. The predicted octanol–water partition coefficient (Wildman–Crippen LogP) is 3.37. The first-order valence-electron chi connectivity index (χ1n) is 5.12. The summed E-state index contributed by atoms with van der Waals surface area (Å²) in [4.78, 5) is -0.328. The highest BCUT2D eigenvalue weighted by Gasteiger charge is 2.17. The van der Waals surface area contributed by atoms with E-state index in [-0.39, 0.29) is 4.90 Å². The van der Waals surface area contributed by atoms with Crippen molar-refractivity contribution in [3.63, 3.8) is 0 Å². The zero-order valence-electron chi connectivity index (χ0n) is 9.40. The van der Waals surface area contributed by atoms with Gasteiger partial charge >= 0.3 is 0 Å². The van der Waals surface area contributed by atoms with Crippen molar-refractivity contribution in [2.75, 3.05) is 4.72 Å². The standard InChI is InChI=1S/C12H8F2INO2S/c13-9-6-5-8(7-10(9)14)19(17,18)16-12-4-2-1-3-11(12)15/h1-7,16H. The second-order valence-electron chi connectivity index (χ2n) is 3.66. The predicted molar refractivity (Wildman–Crippen MR) is 76.3 cm³/mol. The van der Waals surface area contributed by atoms with E-state index in [2.05, 4.69) is 4.72 Å². The summed E-state index contributed by atoms with van der Waals surface area (Å²) in [7, 11) is -3.94. The van der Waals surface area contributed by atoms with E-state index in [9.17, 15) is 17.2 Å². The molecule has 0 fully saturated rings. The lowest BCUT2D eigenvalue weighted by atomic mass is 10.3. The van der Waals surface area contributed by atoms with Crippen molar-refractivity contribution in [1.29, 1.82) is 0 Å². The van der Waals surface area contributed by atoms with Gasteiger partial charge in [-0.05, 0) is 52.9 Å². The number of sulfonamides is 1. The second-order valence-corrected chi connectivity index (χ2v) is 6.51. The van der Waals surface area contributed by atoms with Gasteiger partial charge in [0.1, 0.15) is 0 Å². The number of benzene rings is 2. The summed E-state index contributed by atoms with van der Waals surface area (Å²) in [5.41, 5.74) is 0.382. The van der Waals surface area contributed by atoms with Crippen LogP contribution in [0.25, 0.3) is 0 Å². The summed E-state index contributed by atoms with van der Waals surface area (Å²) in [6.45, 7) is 0. The van der Waals surface area contributed by atoms with Gasteiger partial charge in [0.05, 0.1) is 10.6 Å². The molecule has 0 aliphatic rings. The van der Waals surface area contributed by atoms with E-state index >= 15 is 0 Å². The van der Waals surface area contributed by atoms with Gasteiger partial charge in [-0.2, -0.15) is 0 Å².